The third-order valence-corrected chi connectivity index (χ3v) is 7.14. The van der Waals surface area contributed by atoms with Gasteiger partial charge in [-0.1, -0.05) is 24.3 Å². The van der Waals surface area contributed by atoms with Gasteiger partial charge in [-0.2, -0.15) is 12.7 Å². The summed E-state index contributed by atoms with van der Waals surface area (Å²) in [6.07, 6.45) is 0. The van der Waals surface area contributed by atoms with Gasteiger partial charge in [0, 0.05) is 27.7 Å². The Kier molecular flexibility index (Phi) is 8.57. The third-order valence-electron chi connectivity index (χ3n) is 5.33. The van der Waals surface area contributed by atoms with Crippen molar-refractivity contribution in [2.45, 2.75) is 33.4 Å². The SMILES string of the molecule is CNC(=O)C(C)N(Cc1ccc(F)cc1)C(=O)CN(c1cc(C)ccc1C)S(=O)(=O)N(C)C. The highest BCUT2D eigenvalue weighted by Gasteiger charge is 2.33. The lowest BCUT2D eigenvalue weighted by Crippen LogP contribution is -2.52. The molecule has 8 nitrogen and oxygen atoms in total. The first-order valence-corrected chi connectivity index (χ1v) is 11.8. The second-order valence-corrected chi connectivity index (χ2v) is 10.1. The number of carbonyl (C=O) groups excluding carboxylic acids is 2. The molecule has 1 atom stereocenters. The molecular weight excluding hydrogens is 447 g/mol. The first kappa shape index (κ1) is 26.3. The number of amides is 2. The lowest BCUT2D eigenvalue weighted by atomic mass is 10.1. The van der Waals surface area contributed by atoms with Gasteiger partial charge in [-0.15, -0.1) is 0 Å². The number of anilines is 1. The van der Waals surface area contributed by atoms with Gasteiger partial charge in [0.15, 0.2) is 0 Å². The highest BCUT2D eigenvalue weighted by atomic mass is 32.2. The summed E-state index contributed by atoms with van der Waals surface area (Å²) in [5.74, 6) is -1.39. The second-order valence-electron chi connectivity index (χ2n) is 8.03. The monoisotopic (exact) mass is 478 g/mol. The summed E-state index contributed by atoms with van der Waals surface area (Å²) in [7, 11) is 0.216. The number of hydrogen-bond donors (Lipinski definition) is 1. The zero-order valence-corrected chi connectivity index (χ0v) is 20.6. The summed E-state index contributed by atoms with van der Waals surface area (Å²) >= 11 is 0. The maximum absolute atomic E-state index is 13.5. The summed E-state index contributed by atoms with van der Waals surface area (Å²) in [6, 6.07) is 10.0. The molecule has 2 aromatic rings. The first-order chi connectivity index (χ1) is 15.4. The molecule has 0 aliphatic rings. The summed E-state index contributed by atoms with van der Waals surface area (Å²) in [5.41, 5.74) is 2.51. The molecule has 0 saturated heterocycles. The van der Waals surface area contributed by atoms with E-state index >= 15 is 0 Å². The Morgan fingerprint density at radius 2 is 1.67 bits per heavy atom. The Morgan fingerprint density at radius 3 is 2.21 bits per heavy atom. The Bertz CT molecular complexity index is 1100. The Morgan fingerprint density at radius 1 is 1.06 bits per heavy atom. The molecule has 0 aliphatic carbocycles. The zero-order chi connectivity index (χ0) is 24.9. The van der Waals surface area contributed by atoms with Crippen molar-refractivity contribution in [2.24, 2.45) is 0 Å². The Labute approximate surface area is 195 Å². The van der Waals surface area contributed by atoms with Crippen molar-refractivity contribution in [1.29, 1.82) is 0 Å². The predicted octanol–water partition coefficient (Wildman–Crippen LogP) is 2.22. The van der Waals surface area contributed by atoms with Crippen molar-refractivity contribution in [1.82, 2.24) is 14.5 Å². The van der Waals surface area contributed by atoms with Gasteiger partial charge >= 0.3 is 10.2 Å². The zero-order valence-electron chi connectivity index (χ0n) is 19.8. The van der Waals surface area contributed by atoms with E-state index in [2.05, 4.69) is 5.32 Å². The minimum Gasteiger partial charge on any atom is -0.357 e. The van der Waals surface area contributed by atoms with Crippen molar-refractivity contribution < 1.29 is 22.4 Å². The highest BCUT2D eigenvalue weighted by molar-refractivity contribution is 7.90. The molecule has 2 rings (SSSR count). The fourth-order valence-corrected chi connectivity index (χ4v) is 4.38. The van der Waals surface area contributed by atoms with Crippen LogP contribution in [-0.4, -0.2) is 63.2 Å². The van der Waals surface area contributed by atoms with Gasteiger partial charge < -0.3 is 10.2 Å². The molecule has 10 heteroatoms. The van der Waals surface area contributed by atoms with E-state index < -0.39 is 40.4 Å². The summed E-state index contributed by atoms with van der Waals surface area (Å²) in [4.78, 5) is 27.1. The van der Waals surface area contributed by atoms with Crippen molar-refractivity contribution >= 4 is 27.7 Å². The van der Waals surface area contributed by atoms with E-state index in [-0.39, 0.29) is 6.54 Å². The molecule has 2 amide bonds. The van der Waals surface area contributed by atoms with Crippen LogP contribution in [0, 0.1) is 19.7 Å². The van der Waals surface area contributed by atoms with E-state index in [4.69, 9.17) is 0 Å². The van der Waals surface area contributed by atoms with E-state index in [9.17, 15) is 22.4 Å². The van der Waals surface area contributed by atoms with Crippen LogP contribution in [0.25, 0.3) is 0 Å². The number of carbonyl (C=O) groups is 2. The van der Waals surface area contributed by atoms with Gasteiger partial charge in [0.1, 0.15) is 18.4 Å². The van der Waals surface area contributed by atoms with E-state index in [1.54, 1.807) is 26.0 Å². The van der Waals surface area contributed by atoms with Gasteiger partial charge in [0.05, 0.1) is 5.69 Å². The summed E-state index contributed by atoms with van der Waals surface area (Å²) < 4.78 is 41.8. The summed E-state index contributed by atoms with van der Waals surface area (Å²) in [5, 5.41) is 2.51. The van der Waals surface area contributed by atoms with E-state index in [0.29, 0.717) is 16.8 Å². The van der Waals surface area contributed by atoms with Crippen LogP contribution in [0.4, 0.5) is 10.1 Å². The fraction of sp³-hybridized carbons (Fsp3) is 0.391. The lowest BCUT2D eigenvalue weighted by molar-refractivity contribution is -0.139. The van der Waals surface area contributed by atoms with Crippen LogP contribution in [0.5, 0.6) is 0 Å². The van der Waals surface area contributed by atoms with Gasteiger partial charge in [-0.05, 0) is 55.7 Å². The second kappa shape index (κ2) is 10.8. The molecular formula is C23H31FN4O4S. The average Bonchev–Trinajstić information content (AvgIpc) is 2.77. The van der Waals surface area contributed by atoms with Crippen LogP contribution < -0.4 is 9.62 Å². The van der Waals surface area contributed by atoms with E-state index in [0.717, 1.165) is 14.2 Å². The molecule has 2 aromatic carbocycles. The van der Waals surface area contributed by atoms with Gasteiger partial charge in [0.25, 0.3) is 0 Å². The number of nitrogens with zero attached hydrogens (tertiary/aromatic N) is 3. The van der Waals surface area contributed by atoms with Crippen LogP contribution in [0.3, 0.4) is 0 Å². The van der Waals surface area contributed by atoms with Crippen molar-refractivity contribution in [2.75, 3.05) is 32.0 Å². The average molecular weight is 479 g/mol. The number of aryl methyl sites for hydroxylation is 2. The molecule has 0 fully saturated rings. The Hall–Kier alpha value is -2.98. The molecule has 0 heterocycles. The standard InChI is InChI=1S/C23H31FN4O4S/c1-16-7-8-17(2)21(13-16)28(33(31,32)26(5)6)15-22(29)27(18(3)23(30)25-4)14-19-9-11-20(24)12-10-19/h7-13,18H,14-15H2,1-6H3,(H,25,30). The third kappa shape index (κ3) is 6.29. The maximum Gasteiger partial charge on any atom is 0.304 e. The highest BCUT2D eigenvalue weighted by Crippen LogP contribution is 2.26. The van der Waals surface area contributed by atoms with Crippen molar-refractivity contribution in [3.05, 3.63) is 65.0 Å². The van der Waals surface area contributed by atoms with Crippen molar-refractivity contribution in [3.63, 3.8) is 0 Å². The topological polar surface area (TPSA) is 90.0 Å². The fourth-order valence-electron chi connectivity index (χ4n) is 3.27. The largest absolute Gasteiger partial charge is 0.357 e. The molecule has 0 aliphatic heterocycles. The van der Waals surface area contributed by atoms with Crippen molar-refractivity contribution in [3.8, 4) is 0 Å². The normalized spacial score (nSPS) is 12.4. The molecule has 0 aromatic heterocycles. The lowest BCUT2D eigenvalue weighted by Gasteiger charge is -2.33. The molecule has 33 heavy (non-hydrogen) atoms. The van der Waals surface area contributed by atoms with Crippen LogP contribution in [0.15, 0.2) is 42.5 Å². The minimum absolute atomic E-state index is 0.0103. The molecule has 0 bridgehead atoms. The summed E-state index contributed by atoms with van der Waals surface area (Å²) in [6.45, 7) is 4.66. The molecule has 180 valence electrons. The number of rotatable bonds is 9. The van der Waals surface area contributed by atoms with Gasteiger partial charge in [-0.3, -0.25) is 9.59 Å². The minimum atomic E-state index is -4.02. The quantitative estimate of drug-likeness (QED) is 0.599. The number of nitrogens with one attached hydrogen (secondary N) is 1. The number of likely N-dealkylation sites (N-methyl/N-ethyl adjacent to an activating group) is 1. The maximum atomic E-state index is 13.5. The van der Waals surface area contributed by atoms with Gasteiger partial charge in [-0.25, -0.2) is 8.70 Å². The Balaban J connectivity index is 2.49. The smallest absolute Gasteiger partial charge is 0.304 e. The van der Waals surface area contributed by atoms with Crippen LogP contribution in [-0.2, 0) is 26.3 Å². The number of halogens is 1. The van der Waals surface area contributed by atoms with Crippen LogP contribution >= 0.6 is 0 Å². The molecule has 0 spiro atoms. The molecule has 0 saturated carbocycles. The molecule has 1 unspecified atom stereocenters. The van der Waals surface area contributed by atoms with E-state index in [1.807, 2.05) is 13.0 Å². The molecule has 1 N–H and O–H groups in total. The predicted molar refractivity (Wildman–Crippen MR) is 126 cm³/mol. The van der Waals surface area contributed by atoms with E-state index in [1.165, 1.54) is 50.3 Å². The first-order valence-electron chi connectivity index (χ1n) is 10.4. The van der Waals surface area contributed by atoms with Gasteiger partial charge in [0.2, 0.25) is 11.8 Å². The number of benzene rings is 2. The van der Waals surface area contributed by atoms with Crippen LogP contribution in [0.1, 0.15) is 23.6 Å². The molecule has 0 radical (unpaired) electrons. The van der Waals surface area contributed by atoms with Crippen LogP contribution in [0.2, 0.25) is 0 Å². The number of hydrogen-bond acceptors (Lipinski definition) is 4.